The maximum absolute atomic E-state index is 11.5. The normalized spacial score (nSPS) is 20.3. The van der Waals surface area contributed by atoms with Gasteiger partial charge in [-0.1, -0.05) is 48.5 Å². The van der Waals surface area contributed by atoms with E-state index in [1.807, 2.05) is 0 Å². The molecule has 0 saturated heterocycles. The number of aliphatic hydroxyl groups is 1. The lowest BCUT2D eigenvalue weighted by Crippen LogP contribution is -2.31. The van der Waals surface area contributed by atoms with Gasteiger partial charge in [-0.15, -0.1) is 0 Å². The Bertz CT molecular complexity index is 578. The molecule has 4 rings (SSSR count). The maximum Gasteiger partial charge on any atom is 0.118 e. The molecule has 0 bridgehead atoms. The minimum atomic E-state index is -0.760. The van der Waals surface area contributed by atoms with Crippen LogP contribution >= 0.6 is 0 Å². The van der Waals surface area contributed by atoms with Crippen LogP contribution in [0.4, 0.5) is 0 Å². The molecular formula is C18H18O. The summed E-state index contributed by atoms with van der Waals surface area (Å²) in [6, 6.07) is 16.9. The molecule has 2 aromatic rings. The highest BCUT2D eigenvalue weighted by molar-refractivity contribution is 5.48. The maximum atomic E-state index is 11.5. The first-order valence-corrected chi connectivity index (χ1v) is 7.19. The van der Waals surface area contributed by atoms with Crippen molar-refractivity contribution in [3.05, 3.63) is 70.8 Å². The molecule has 0 heterocycles. The highest BCUT2D eigenvalue weighted by atomic mass is 16.3. The van der Waals surface area contributed by atoms with Crippen molar-refractivity contribution in [2.45, 2.75) is 31.3 Å². The number of fused-ring (bicyclic) bond motifs is 2. The van der Waals surface area contributed by atoms with Crippen molar-refractivity contribution in [3.63, 3.8) is 0 Å². The van der Waals surface area contributed by atoms with Crippen LogP contribution in [0.25, 0.3) is 0 Å². The van der Waals surface area contributed by atoms with Gasteiger partial charge >= 0.3 is 0 Å². The average molecular weight is 250 g/mol. The molecular weight excluding hydrogens is 232 g/mol. The Morgan fingerprint density at radius 3 is 1.74 bits per heavy atom. The van der Waals surface area contributed by atoms with E-state index in [1.54, 1.807) is 0 Å². The SMILES string of the molecule is OC1(C2CC2)c2ccccc2CCc2ccccc21. The van der Waals surface area contributed by atoms with E-state index < -0.39 is 5.60 Å². The zero-order valence-corrected chi connectivity index (χ0v) is 11.0. The van der Waals surface area contributed by atoms with E-state index >= 15 is 0 Å². The summed E-state index contributed by atoms with van der Waals surface area (Å²) in [7, 11) is 0. The molecule has 0 aromatic heterocycles. The third kappa shape index (κ3) is 1.58. The highest BCUT2D eigenvalue weighted by Crippen LogP contribution is 2.52. The van der Waals surface area contributed by atoms with Gasteiger partial charge in [-0.05, 0) is 53.9 Å². The molecule has 1 fully saturated rings. The number of benzene rings is 2. The molecule has 2 aliphatic carbocycles. The van der Waals surface area contributed by atoms with Crippen LogP contribution in [0.2, 0.25) is 0 Å². The largest absolute Gasteiger partial charge is 0.380 e. The van der Waals surface area contributed by atoms with Crippen molar-refractivity contribution in [3.8, 4) is 0 Å². The van der Waals surface area contributed by atoms with E-state index in [0.717, 1.165) is 36.8 Å². The Kier molecular flexibility index (Phi) is 2.33. The lowest BCUT2D eigenvalue weighted by atomic mass is 9.80. The topological polar surface area (TPSA) is 20.2 Å². The summed E-state index contributed by atoms with van der Waals surface area (Å²) in [5.41, 5.74) is 4.15. The van der Waals surface area contributed by atoms with Gasteiger partial charge in [0.25, 0.3) is 0 Å². The van der Waals surface area contributed by atoms with Crippen molar-refractivity contribution in [1.29, 1.82) is 0 Å². The third-order valence-electron chi connectivity index (χ3n) is 4.69. The summed E-state index contributed by atoms with van der Waals surface area (Å²) in [6.45, 7) is 0. The van der Waals surface area contributed by atoms with Gasteiger partial charge in [0.2, 0.25) is 0 Å². The molecule has 2 aliphatic rings. The second-order valence-corrected chi connectivity index (χ2v) is 5.85. The summed E-state index contributed by atoms with van der Waals surface area (Å²) >= 11 is 0. The zero-order chi connectivity index (χ0) is 12.9. The fourth-order valence-electron chi connectivity index (χ4n) is 3.58. The molecule has 19 heavy (non-hydrogen) atoms. The van der Waals surface area contributed by atoms with Crippen molar-refractivity contribution in [2.24, 2.45) is 5.92 Å². The molecule has 1 saturated carbocycles. The average Bonchev–Trinajstić information content (AvgIpc) is 3.29. The van der Waals surface area contributed by atoms with Crippen LogP contribution in [0.15, 0.2) is 48.5 Å². The summed E-state index contributed by atoms with van der Waals surface area (Å²) in [5.74, 6) is 0.396. The van der Waals surface area contributed by atoms with Crippen molar-refractivity contribution in [1.82, 2.24) is 0 Å². The highest BCUT2D eigenvalue weighted by Gasteiger charge is 2.48. The second-order valence-electron chi connectivity index (χ2n) is 5.85. The van der Waals surface area contributed by atoms with Crippen molar-refractivity contribution in [2.75, 3.05) is 0 Å². The van der Waals surface area contributed by atoms with E-state index in [1.165, 1.54) is 11.1 Å². The van der Waals surface area contributed by atoms with Crippen LogP contribution < -0.4 is 0 Å². The standard InChI is InChI=1S/C18H18O/c19-18(15-11-12-15)16-7-3-1-5-13(16)9-10-14-6-2-4-8-17(14)18/h1-8,15,19H,9-12H2. The molecule has 0 aliphatic heterocycles. The molecule has 2 aromatic carbocycles. The van der Waals surface area contributed by atoms with Crippen molar-refractivity contribution >= 4 is 0 Å². The van der Waals surface area contributed by atoms with Crippen LogP contribution in [0, 0.1) is 5.92 Å². The quantitative estimate of drug-likeness (QED) is 0.822. The number of rotatable bonds is 1. The number of hydrogen-bond acceptors (Lipinski definition) is 1. The minimum absolute atomic E-state index is 0.396. The fourth-order valence-corrected chi connectivity index (χ4v) is 3.58. The number of aryl methyl sites for hydroxylation is 2. The first-order chi connectivity index (χ1) is 9.30. The van der Waals surface area contributed by atoms with E-state index in [9.17, 15) is 5.11 Å². The predicted molar refractivity (Wildman–Crippen MR) is 76.0 cm³/mol. The van der Waals surface area contributed by atoms with Gasteiger partial charge in [-0.3, -0.25) is 0 Å². The summed E-state index contributed by atoms with van der Waals surface area (Å²) in [5, 5.41) is 11.5. The van der Waals surface area contributed by atoms with E-state index in [4.69, 9.17) is 0 Å². The Balaban J connectivity index is 2.01. The van der Waals surface area contributed by atoms with Crippen LogP contribution in [0.3, 0.4) is 0 Å². The first-order valence-electron chi connectivity index (χ1n) is 7.19. The summed E-state index contributed by atoms with van der Waals surface area (Å²) in [6.07, 6.45) is 4.34. The second kappa shape index (κ2) is 3.94. The van der Waals surface area contributed by atoms with E-state index in [-0.39, 0.29) is 0 Å². The Labute approximate surface area is 113 Å². The Morgan fingerprint density at radius 2 is 1.26 bits per heavy atom. The molecule has 1 N–H and O–H groups in total. The predicted octanol–water partition coefficient (Wildman–Crippen LogP) is 3.43. The lowest BCUT2D eigenvalue weighted by Gasteiger charge is -2.31. The molecule has 1 nitrogen and oxygen atoms in total. The van der Waals surface area contributed by atoms with Crippen LogP contribution in [-0.2, 0) is 18.4 Å². The van der Waals surface area contributed by atoms with Gasteiger partial charge < -0.3 is 5.11 Å². The molecule has 0 atom stereocenters. The minimum Gasteiger partial charge on any atom is -0.380 e. The molecule has 0 unspecified atom stereocenters. The van der Waals surface area contributed by atoms with Crippen molar-refractivity contribution < 1.29 is 5.11 Å². The van der Waals surface area contributed by atoms with Gasteiger partial charge in [0.05, 0.1) is 0 Å². The molecule has 1 heteroatoms. The molecule has 0 amide bonds. The molecule has 0 spiro atoms. The van der Waals surface area contributed by atoms with E-state index in [2.05, 4.69) is 48.5 Å². The number of hydrogen-bond donors (Lipinski definition) is 1. The monoisotopic (exact) mass is 250 g/mol. The zero-order valence-electron chi connectivity index (χ0n) is 11.0. The van der Waals surface area contributed by atoms with Gasteiger partial charge in [0.1, 0.15) is 5.60 Å². The Hall–Kier alpha value is -1.60. The smallest absolute Gasteiger partial charge is 0.118 e. The third-order valence-corrected chi connectivity index (χ3v) is 4.69. The van der Waals surface area contributed by atoms with Gasteiger partial charge in [0.15, 0.2) is 0 Å². The van der Waals surface area contributed by atoms with E-state index in [0.29, 0.717) is 5.92 Å². The van der Waals surface area contributed by atoms with Gasteiger partial charge in [-0.25, -0.2) is 0 Å². The fraction of sp³-hybridized carbons (Fsp3) is 0.333. The lowest BCUT2D eigenvalue weighted by molar-refractivity contribution is 0.0558. The van der Waals surface area contributed by atoms with Crippen LogP contribution in [-0.4, -0.2) is 5.11 Å². The summed E-state index contributed by atoms with van der Waals surface area (Å²) in [4.78, 5) is 0. The van der Waals surface area contributed by atoms with Crippen LogP contribution in [0.5, 0.6) is 0 Å². The van der Waals surface area contributed by atoms with Gasteiger partial charge in [-0.2, -0.15) is 0 Å². The Morgan fingerprint density at radius 1 is 0.789 bits per heavy atom. The first kappa shape index (κ1) is 11.2. The van der Waals surface area contributed by atoms with Crippen LogP contribution in [0.1, 0.15) is 35.1 Å². The molecule has 96 valence electrons. The van der Waals surface area contributed by atoms with Gasteiger partial charge in [0, 0.05) is 0 Å². The summed E-state index contributed by atoms with van der Waals surface area (Å²) < 4.78 is 0. The molecule has 0 radical (unpaired) electrons.